The maximum Gasteiger partial charge on any atom is 0.573 e. The molecule has 1 fully saturated rings. The van der Waals surface area contributed by atoms with E-state index in [1.165, 1.54) is 24.3 Å². The van der Waals surface area contributed by atoms with E-state index in [9.17, 15) is 28.5 Å². The number of fused-ring (bicyclic) bond motifs is 1. The zero-order valence-corrected chi connectivity index (χ0v) is 21.7. The first kappa shape index (κ1) is 26.9. The van der Waals surface area contributed by atoms with Crippen LogP contribution < -0.4 is 14.4 Å². The number of benzene rings is 2. The van der Waals surface area contributed by atoms with Gasteiger partial charge >= 0.3 is 6.36 Å². The molecule has 1 unspecified atom stereocenters. The molecule has 1 aliphatic heterocycles. The number of piperazine rings is 1. The summed E-state index contributed by atoms with van der Waals surface area (Å²) in [4.78, 5) is 8.20. The second-order valence-corrected chi connectivity index (χ2v) is 10.4. The lowest BCUT2D eigenvalue weighted by Gasteiger charge is -2.37. The molecule has 0 saturated carbocycles. The van der Waals surface area contributed by atoms with Gasteiger partial charge in [-0.15, -0.1) is 24.5 Å². The minimum Gasteiger partial charge on any atom is -0.494 e. The van der Waals surface area contributed by atoms with E-state index in [-0.39, 0.29) is 35.5 Å². The Morgan fingerprint density at radius 2 is 1.72 bits per heavy atom. The van der Waals surface area contributed by atoms with Crippen LogP contribution in [0, 0.1) is 6.92 Å². The van der Waals surface area contributed by atoms with Gasteiger partial charge in [-0.2, -0.15) is 0 Å². The van der Waals surface area contributed by atoms with Crippen molar-refractivity contribution in [1.29, 1.82) is 0 Å². The average molecular weight is 565 g/mol. The zero-order chi connectivity index (χ0) is 27.7. The lowest BCUT2D eigenvalue weighted by Crippen LogP contribution is -2.49. The van der Waals surface area contributed by atoms with Gasteiger partial charge in [0.1, 0.15) is 18.5 Å². The van der Waals surface area contributed by atoms with Gasteiger partial charge in [0.05, 0.1) is 26.6 Å². The number of alkyl halides is 3. The molecule has 0 spiro atoms. The monoisotopic (exact) mass is 564 g/mol. The normalized spacial score (nSPS) is 15.6. The quantitative estimate of drug-likeness (QED) is 0.292. The van der Waals surface area contributed by atoms with Crippen LogP contribution in [-0.4, -0.2) is 81.6 Å². The molecule has 1 atom stereocenters. The number of aliphatic hydroxyl groups excluding tert-OH is 1. The molecule has 3 heterocycles. The number of anilines is 1. The molecule has 39 heavy (non-hydrogen) atoms. The molecule has 2 aromatic heterocycles. The van der Waals surface area contributed by atoms with Gasteiger partial charge in [-0.25, -0.2) is 4.98 Å². The van der Waals surface area contributed by atoms with Crippen LogP contribution in [0.2, 0.25) is 0 Å². The predicted molar refractivity (Wildman–Crippen MR) is 140 cm³/mol. The second-order valence-electron chi connectivity index (χ2n) is 9.20. The standard InChI is InChI=1S/C26H27F3N4O5S/c1-16-30-20-13-19(3-5-23(20)39-16)37-15-18(34)14-31-8-10-32(11-9-31)21-12-17(33-24(35)6-7-25(33)36)2-4-22(21)38-26(27,28)29/h2-7,12-13,18,34-36H,8-11,14-15H2,1H3. The summed E-state index contributed by atoms with van der Waals surface area (Å²) in [6.45, 7) is 4.07. The van der Waals surface area contributed by atoms with Gasteiger partial charge < -0.3 is 29.7 Å². The Hall–Kier alpha value is -3.68. The third kappa shape index (κ3) is 6.32. The largest absolute Gasteiger partial charge is 0.573 e. The van der Waals surface area contributed by atoms with E-state index in [2.05, 4.69) is 9.72 Å². The molecular formula is C26H27F3N4O5S. The van der Waals surface area contributed by atoms with Gasteiger partial charge in [0, 0.05) is 50.9 Å². The number of rotatable bonds is 8. The molecule has 0 bridgehead atoms. The SMILES string of the molecule is Cc1nc2cc(OCC(O)CN3CCN(c4cc(-n5c(O)ccc5O)ccc4OC(F)(F)F)CC3)ccc2s1. The smallest absolute Gasteiger partial charge is 0.494 e. The number of aliphatic hydroxyl groups is 1. The van der Waals surface area contributed by atoms with Crippen LogP contribution in [0.15, 0.2) is 48.5 Å². The minimum absolute atomic E-state index is 0.0876. The average Bonchev–Trinajstić information content (AvgIpc) is 3.42. The first-order valence-corrected chi connectivity index (χ1v) is 13.0. The van der Waals surface area contributed by atoms with E-state index in [0.717, 1.165) is 25.9 Å². The van der Waals surface area contributed by atoms with Gasteiger partial charge in [-0.3, -0.25) is 9.47 Å². The summed E-state index contributed by atoms with van der Waals surface area (Å²) in [6, 6.07) is 12.1. The maximum absolute atomic E-state index is 13.1. The zero-order valence-electron chi connectivity index (χ0n) is 20.9. The summed E-state index contributed by atoms with van der Waals surface area (Å²) in [7, 11) is 0. The summed E-state index contributed by atoms with van der Waals surface area (Å²) in [6.07, 6.45) is -5.65. The van der Waals surface area contributed by atoms with Gasteiger partial charge in [0.2, 0.25) is 0 Å². The van der Waals surface area contributed by atoms with E-state index in [0.29, 0.717) is 38.5 Å². The summed E-state index contributed by atoms with van der Waals surface area (Å²) in [5.41, 5.74) is 1.30. The molecule has 9 nitrogen and oxygen atoms in total. The van der Waals surface area contributed by atoms with Crippen LogP contribution in [0.3, 0.4) is 0 Å². The highest BCUT2D eigenvalue weighted by atomic mass is 32.1. The van der Waals surface area contributed by atoms with Crippen molar-refractivity contribution in [2.45, 2.75) is 19.4 Å². The van der Waals surface area contributed by atoms with Crippen molar-refractivity contribution in [3.8, 4) is 28.9 Å². The van der Waals surface area contributed by atoms with Gasteiger partial charge in [0.15, 0.2) is 17.5 Å². The first-order valence-electron chi connectivity index (χ1n) is 12.2. The number of aromatic nitrogens is 2. The number of thiazole rings is 1. The lowest BCUT2D eigenvalue weighted by molar-refractivity contribution is -0.274. The van der Waals surface area contributed by atoms with E-state index in [1.54, 1.807) is 16.2 Å². The number of aryl methyl sites for hydroxylation is 1. The molecule has 1 saturated heterocycles. The Bertz CT molecular complexity index is 1430. The fourth-order valence-corrected chi connectivity index (χ4v) is 5.42. The molecule has 3 N–H and O–H groups in total. The van der Waals surface area contributed by atoms with Gasteiger partial charge in [0.25, 0.3) is 0 Å². The summed E-state index contributed by atoms with van der Waals surface area (Å²) in [5, 5.41) is 31.6. The lowest BCUT2D eigenvalue weighted by atomic mass is 10.2. The topological polar surface area (TPSA) is 103 Å². The third-order valence-corrected chi connectivity index (χ3v) is 7.31. The highest BCUT2D eigenvalue weighted by molar-refractivity contribution is 7.18. The van der Waals surface area contributed by atoms with E-state index < -0.39 is 12.5 Å². The second kappa shape index (κ2) is 10.8. The molecule has 0 amide bonds. The van der Waals surface area contributed by atoms with Crippen LogP contribution >= 0.6 is 11.3 Å². The van der Waals surface area contributed by atoms with Crippen LogP contribution in [0.4, 0.5) is 18.9 Å². The number of nitrogens with zero attached hydrogens (tertiary/aromatic N) is 4. The fraction of sp³-hybridized carbons (Fsp3) is 0.346. The molecule has 1 aliphatic rings. The highest BCUT2D eigenvalue weighted by Crippen LogP contribution is 2.37. The predicted octanol–water partition coefficient (Wildman–Crippen LogP) is 4.27. The Kier molecular flexibility index (Phi) is 7.47. The Balaban J connectivity index is 1.22. The molecule has 4 aromatic rings. The number of β-amino-alcohol motifs (C(OH)–C–C–N with tert-alkyl or cyclic N) is 1. The van der Waals surface area contributed by atoms with Crippen molar-refractivity contribution in [3.05, 3.63) is 53.5 Å². The van der Waals surface area contributed by atoms with E-state index in [1.807, 2.05) is 30.0 Å². The molecule has 0 aliphatic carbocycles. The van der Waals surface area contributed by atoms with Crippen LogP contribution in [0.5, 0.6) is 23.3 Å². The van der Waals surface area contributed by atoms with Crippen LogP contribution in [0.1, 0.15) is 5.01 Å². The van der Waals surface area contributed by atoms with Crippen molar-refractivity contribution in [1.82, 2.24) is 14.5 Å². The number of halogens is 3. The minimum atomic E-state index is -4.89. The number of hydrogen-bond acceptors (Lipinski definition) is 9. The molecule has 5 rings (SSSR count). The van der Waals surface area contributed by atoms with Gasteiger partial charge in [-0.1, -0.05) is 0 Å². The highest BCUT2D eigenvalue weighted by Gasteiger charge is 2.33. The summed E-state index contributed by atoms with van der Waals surface area (Å²) < 4.78 is 51.5. The number of hydrogen-bond donors (Lipinski definition) is 3. The number of aromatic hydroxyl groups is 2. The van der Waals surface area contributed by atoms with Crippen LogP contribution in [-0.2, 0) is 0 Å². The first-order chi connectivity index (χ1) is 18.6. The summed E-state index contributed by atoms with van der Waals surface area (Å²) >= 11 is 1.60. The fourth-order valence-electron chi connectivity index (χ4n) is 4.61. The van der Waals surface area contributed by atoms with Crippen molar-refractivity contribution in [2.24, 2.45) is 0 Å². The Morgan fingerprint density at radius 1 is 1.00 bits per heavy atom. The molecule has 208 valence electrons. The van der Waals surface area contributed by atoms with E-state index in [4.69, 9.17) is 4.74 Å². The van der Waals surface area contributed by atoms with Gasteiger partial charge in [-0.05, 0) is 37.3 Å². The Labute approximate surface area is 225 Å². The maximum atomic E-state index is 13.1. The third-order valence-electron chi connectivity index (χ3n) is 6.36. The molecule has 2 aromatic carbocycles. The number of ether oxygens (including phenoxy) is 2. The molecule has 13 heteroatoms. The van der Waals surface area contributed by atoms with Crippen molar-refractivity contribution in [2.75, 3.05) is 44.2 Å². The van der Waals surface area contributed by atoms with E-state index >= 15 is 0 Å². The van der Waals surface area contributed by atoms with Crippen LogP contribution in [0.25, 0.3) is 15.9 Å². The van der Waals surface area contributed by atoms with Crippen molar-refractivity contribution < 1.29 is 38.0 Å². The Morgan fingerprint density at radius 3 is 2.41 bits per heavy atom. The molecular weight excluding hydrogens is 537 g/mol. The molecule has 0 radical (unpaired) electrons. The van der Waals surface area contributed by atoms with Crippen molar-refractivity contribution >= 4 is 27.2 Å². The summed E-state index contributed by atoms with van der Waals surface area (Å²) in [5.74, 6) is -0.281. The van der Waals surface area contributed by atoms with Crippen molar-refractivity contribution in [3.63, 3.8) is 0 Å².